The lowest BCUT2D eigenvalue weighted by atomic mass is 10.1. The molecule has 0 aliphatic rings. The van der Waals surface area contributed by atoms with Crippen molar-refractivity contribution in [2.45, 2.75) is 11.8 Å². The fourth-order valence-corrected chi connectivity index (χ4v) is 1.80. The number of benzene rings is 1. The molecule has 0 N–H and O–H groups in total. The van der Waals surface area contributed by atoms with Gasteiger partial charge in [0, 0.05) is 11.8 Å². The molecular weight excluding hydrogens is 204 g/mol. The molecule has 14 heavy (non-hydrogen) atoms. The standard InChI is InChI=1S/C9H10O4S/c1-6-5-7(14(2,12)13)3-4-8(6)9(10)11/h3-5H,1-2H3,(H,10,11)/p-1. The van der Waals surface area contributed by atoms with Gasteiger partial charge in [-0.2, -0.15) is 0 Å². The lowest BCUT2D eigenvalue weighted by Gasteiger charge is -2.07. The molecule has 0 amide bonds. The van der Waals surface area contributed by atoms with Gasteiger partial charge in [0.15, 0.2) is 9.84 Å². The molecule has 1 aromatic carbocycles. The first-order valence-corrected chi connectivity index (χ1v) is 5.73. The van der Waals surface area contributed by atoms with Crippen LogP contribution in [0, 0.1) is 6.92 Å². The molecule has 0 heterocycles. The topological polar surface area (TPSA) is 74.3 Å². The van der Waals surface area contributed by atoms with Crippen molar-refractivity contribution in [3.63, 3.8) is 0 Å². The number of carbonyl (C=O) groups excluding carboxylic acids is 1. The quantitative estimate of drug-likeness (QED) is 0.679. The van der Waals surface area contributed by atoms with E-state index in [1.165, 1.54) is 25.1 Å². The Bertz CT molecular complexity index is 474. The monoisotopic (exact) mass is 213 g/mol. The Morgan fingerprint density at radius 3 is 2.29 bits per heavy atom. The molecule has 0 saturated heterocycles. The zero-order chi connectivity index (χ0) is 10.9. The maximum atomic E-state index is 11.1. The highest BCUT2D eigenvalue weighted by atomic mass is 32.2. The zero-order valence-corrected chi connectivity index (χ0v) is 8.59. The number of hydrogen-bond acceptors (Lipinski definition) is 4. The molecule has 0 bridgehead atoms. The van der Waals surface area contributed by atoms with Gasteiger partial charge in [0.2, 0.25) is 0 Å². The zero-order valence-electron chi connectivity index (χ0n) is 7.77. The predicted octanol–water partition coefficient (Wildman–Crippen LogP) is -0.238. The minimum atomic E-state index is -3.28. The van der Waals surface area contributed by atoms with Crippen molar-refractivity contribution < 1.29 is 18.3 Å². The van der Waals surface area contributed by atoms with E-state index in [1.54, 1.807) is 0 Å². The number of carbonyl (C=O) groups is 1. The van der Waals surface area contributed by atoms with Gasteiger partial charge in [-0.15, -0.1) is 0 Å². The summed E-state index contributed by atoms with van der Waals surface area (Å²) in [5.41, 5.74) is 0.394. The van der Waals surface area contributed by atoms with E-state index >= 15 is 0 Å². The molecular formula is C9H9O4S-. The summed E-state index contributed by atoms with van der Waals surface area (Å²) < 4.78 is 22.2. The van der Waals surface area contributed by atoms with Gasteiger partial charge in [0.25, 0.3) is 0 Å². The third-order valence-corrected chi connectivity index (χ3v) is 2.96. The number of sulfone groups is 1. The summed E-state index contributed by atoms with van der Waals surface area (Å²) in [7, 11) is -3.28. The van der Waals surface area contributed by atoms with Gasteiger partial charge in [-0.3, -0.25) is 0 Å². The molecule has 0 aliphatic heterocycles. The highest BCUT2D eigenvalue weighted by molar-refractivity contribution is 7.90. The number of carboxylic acid groups (broad SMARTS) is 1. The first-order valence-electron chi connectivity index (χ1n) is 3.84. The Kier molecular flexibility index (Phi) is 2.62. The molecule has 0 spiro atoms. The van der Waals surface area contributed by atoms with Crippen LogP contribution in [0.15, 0.2) is 23.1 Å². The number of rotatable bonds is 2. The molecule has 4 nitrogen and oxygen atoms in total. The van der Waals surface area contributed by atoms with Gasteiger partial charge < -0.3 is 9.90 Å². The van der Waals surface area contributed by atoms with Crippen LogP contribution < -0.4 is 5.11 Å². The summed E-state index contributed by atoms with van der Waals surface area (Å²) in [6.07, 6.45) is 1.07. The number of aromatic carboxylic acids is 1. The fourth-order valence-electron chi connectivity index (χ4n) is 1.10. The van der Waals surface area contributed by atoms with Gasteiger partial charge in [-0.1, -0.05) is 6.07 Å². The minimum Gasteiger partial charge on any atom is -0.545 e. The van der Waals surface area contributed by atoms with Crippen LogP contribution in [0.2, 0.25) is 0 Å². The van der Waals surface area contributed by atoms with Crippen LogP contribution in [0.3, 0.4) is 0 Å². The maximum absolute atomic E-state index is 11.1. The van der Waals surface area contributed by atoms with Gasteiger partial charge in [-0.25, -0.2) is 8.42 Å². The van der Waals surface area contributed by atoms with E-state index in [1.807, 2.05) is 0 Å². The molecule has 0 aliphatic carbocycles. The highest BCUT2D eigenvalue weighted by Gasteiger charge is 2.08. The number of aryl methyl sites for hydroxylation is 1. The predicted molar refractivity (Wildman–Crippen MR) is 48.6 cm³/mol. The average Bonchev–Trinajstić information content (AvgIpc) is 2.01. The van der Waals surface area contributed by atoms with E-state index < -0.39 is 15.8 Å². The molecule has 0 aromatic heterocycles. The van der Waals surface area contributed by atoms with Crippen LogP contribution in [0.1, 0.15) is 15.9 Å². The van der Waals surface area contributed by atoms with Crippen molar-refractivity contribution >= 4 is 15.8 Å². The molecule has 0 fully saturated rings. The van der Waals surface area contributed by atoms with Gasteiger partial charge in [-0.05, 0) is 24.6 Å². The molecule has 1 rings (SSSR count). The Morgan fingerprint density at radius 2 is 1.93 bits per heavy atom. The summed E-state index contributed by atoms with van der Waals surface area (Å²) in [4.78, 5) is 10.6. The van der Waals surface area contributed by atoms with Gasteiger partial charge in [0.1, 0.15) is 0 Å². The molecule has 0 radical (unpaired) electrons. The Labute approximate surface area is 82.1 Å². The summed E-state index contributed by atoms with van der Waals surface area (Å²) in [5.74, 6) is -1.30. The summed E-state index contributed by atoms with van der Waals surface area (Å²) in [5, 5.41) is 10.5. The first kappa shape index (κ1) is 10.7. The summed E-state index contributed by atoms with van der Waals surface area (Å²) >= 11 is 0. The van der Waals surface area contributed by atoms with Crippen LogP contribution >= 0.6 is 0 Å². The van der Waals surface area contributed by atoms with Gasteiger partial charge in [0.05, 0.1) is 10.9 Å². The summed E-state index contributed by atoms with van der Waals surface area (Å²) in [6, 6.07) is 3.81. The molecule has 1 aromatic rings. The summed E-state index contributed by atoms with van der Waals surface area (Å²) in [6.45, 7) is 1.53. The van der Waals surface area contributed by atoms with E-state index in [4.69, 9.17) is 0 Å². The molecule has 0 saturated carbocycles. The second kappa shape index (κ2) is 3.42. The van der Waals surface area contributed by atoms with Crippen LogP contribution in [-0.2, 0) is 9.84 Å². The van der Waals surface area contributed by atoms with Crippen molar-refractivity contribution in [1.29, 1.82) is 0 Å². The Balaban J connectivity index is 3.34. The second-order valence-corrected chi connectivity index (χ2v) is 5.05. The van der Waals surface area contributed by atoms with Gasteiger partial charge >= 0.3 is 0 Å². The third-order valence-electron chi connectivity index (χ3n) is 1.85. The van der Waals surface area contributed by atoms with Crippen LogP contribution in [-0.4, -0.2) is 20.6 Å². The molecule has 0 unspecified atom stereocenters. The van der Waals surface area contributed by atoms with E-state index in [-0.39, 0.29) is 10.5 Å². The van der Waals surface area contributed by atoms with E-state index in [2.05, 4.69) is 0 Å². The van der Waals surface area contributed by atoms with Crippen molar-refractivity contribution in [2.75, 3.05) is 6.26 Å². The Hall–Kier alpha value is -1.36. The molecule has 5 heteroatoms. The minimum absolute atomic E-state index is 0.0115. The number of hydrogen-bond donors (Lipinski definition) is 0. The average molecular weight is 213 g/mol. The maximum Gasteiger partial charge on any atom is 0.175 e. The lowest BCUT2D eigenvalue weighted by Crippen LogP contribution is -2.23. The largest absolute Gasteiger partial charge is 0.545 e. The van der Waals surface area contributed by atoms with Crippen molar-refractivity contribution in [3.05, 3.63) is 29.3 Å². The van der Waals surface area contributed by atoms with Crippen molar-refractivity contribution in [3.8, 4) is 0 Å². The molecule has 76 valence electrons. The van der Waals surface area contributed by atoms with E-state index in [9.17, 15) is 18.3 Å². The SMILES string of the molecule is Cc1cc(S(C)(=O)=O)ccc1C(=O)[O-]. The normalized spacial score (nSPS) is 11.3. The third kappa shape index (κ3) is 2.11. The van der Waals surface area contributed by atoms with Crippen molar-refractivity contribution in [1.82, 2.24) is 0 Å². The second-order valence-electron chi connectivity index (χ2n) is 3.04. The molecule has 0 atom stereocenters. The van der Waals surface area contributed by atoms with E-state index in [0.717, 1.165) is 6.26 Å². The lowest BCUT2D eigenvalue weighted by molar-refractivity contribution is -0.255. The van der Waals surface area contributed by atoms with E-state index in [0.29, 0.717) is 5.56 Å². The Morgan fingerprint density at radius 1 is 1.36 bits per heavy atom. The van der Waals surface area contributed by atoms with Crippen molar-refractivity contribution in [2.24, 2.45) is 0 Å². The van der Waals surface area contributed by atoms with Crippen LogP contribution in [0.4, 0.5) is 0 Å². The highest BCUT2D eigenvalue weighted by Crippen LogP contribution is 2.14. The smallest absolute Gasteiger partial charge is 0.175 e. The number of carboxylic acids is 1. The van der Waals surface area contributed by atoms with Crippen LogP contribution in [0.5, 0.6) is 0 Å². The van der Waals surface area contributed by atoms with Crippen LogP contribution in [0.25, 0.3) is 0 Å². The fraction of sp³-hybridized carbons (Fsp3) is 0.222. The first-order chi connectivity index (χ1) is 6.32.